The molecule has 1 atom stereocenters. The molecule has 1 aliphatic heterocycles. The van der Waals surface area contributed by atoms with Gasteiger partial charge in [0, 0.05) is 11.4 Å². The second kappa shape index (κ2) is 5.46. The van der Waals surface area contributed by atoms with Crippen molar-refractivity contribution in [2.45, 2.75) is 13.5 Å². The fourth-order valence-electron chi connectivity index (χ4n) is 2.40. The van der Waals surface area contributed by atoms with Gasteiger partial charge in [0.05, 0.1) is 28.2 Å². The molecule has 0 saturated heterocycles. The van der Waals surface area contributed by atoms with Crippen LogP contribution in [0.25, 0.3) is 0 Å². The maximum absolute atomic E-state index is 12.0. The number of benzene rings is 1. The predicted octanol–water partition coefficient (Wildman–Crippen LogP) is 4.00. The largest absolute Gasteiger partial charge is 0.364 e. The van der Waals surface area contributed by atoms with Crippen molar-refractivity contribution in [3.63, 3.8) is 0 Å². The Morgan fingerprint density at radius 2 is 2.15 bits per heavy atom. The lowest BCUT2D eigenvalue weighted by Crippen LogP contribution is -2.30. The number of hydrogen-bond acceptors (Lipinski definition) is 3. The van der Waals surface area contributed by atoms with Crippen LogP contribution in [0, 0.1) is 5.92 Å². The molecule has 1 N–H and O–H groups in total. The van der Waals surface area contributed by atoms with E-state index >= 15 is 0 Å². The van der Waals surface area contributed by atoms with E-state index in [1.54, 1.807) is 11.3 Å². The third-order valence-electron chi connectivity index (χ3n) is 3.42. The van der Waals surface area contributed by atoms with Gasteiger partial charge < -0.3 is 10.2 Å². The summed E-state index contributed by atoms with van der Waals surface area (Å²) in [5.74, 6) is 0.0296. The minimum Gasteiger partial charge on any atom is -0.364 e. The number of fused-ring (bicyclic) bond motifs is 1. The van der Waals surface area contributed by atoms with E-state index in [1.165, 1.54) is 4.88 Å². The first-order valence-electron chi connectivity index (χ1n) is 6.52. The van der Waals surface area contributed by atoms with E-state index in [1.807, 2.05) is 43.3 Å². The van der Waals surface area contributed by atoms with Gasteiger partial charge in [0.1, 0.15) is 0 Å². The number of nitrogens with one attached hydrogen (secondary N) is 1. The van der Waals surface area contributed by atoms with Crippen molar-refractivity contribution < 1.29 is 4.79 Å². The lowest BCUT2D eigenvalue weighted by atomic mass is 10.1. The van der Waals surface area contributed by atoms with Gasteiger partial charge in [-0.05, 0) is 24.3 Å². The second-order valence-corrected chi connectivity index (χ2v) is 6.79. The Bertz CT molecular complexity index is 640. The Hall–Kier alpha value is -1.52. The van der Waals surface area contributed by atoms with Crippen LogP contribution in [-0.4, -0.2) is 12.5 Å². The first-order chi connectivity index (χ1) is 9.63. The van der Waals surface area contributed by atoms with Crippen LogP contribution < -0.4 is 10.2 Å². The van der Waals surface area contributed by atoms with E-state index in [2.05, 4.69) is 10.2 Å². The van der Waals surface area contributed by atoms with E-state index in [9.17, 15) is 4.79 Å². The van der Waals surface area contributed by atoms with Gasteiger partial charge in [0.25, 0.3) is 0 Å². The summed E-state index contributed by atoms with van der Waals surface area (Å²) in [6.07, 6.45) is 0. The van der Waals surface area contributed by atoms with Crippen LogP contribution in [0.3, 0.4) is 0 Å². The fourth-order valence-corrected chi connectivity index (χ4v) is 3.50. The highest BCUT2D eigenvalue weighted by molar-refractivity contribution is 7.16. The van der Waals surface area contributed by atoms with E-state index in [-0.39, 0.29) is 11.8 Å². The summed E-state index contributed by atoms with van der Waals surface area (Å²) in [7, 11) is 0. The SMILES string of the molecule is CC1CN(Cc2ccc(Cl)s2)c2ccccc2NC1=O. The first kappa shape index (κ1) is 13.5. The molecule has 0 saturated carbocycles. The Kier molecular flexibility index (Phi) is 3.68. The Morgan fingerprint density at radius 3 is 2.90 bits per heavy atom. The number of thiophene rings is 1. The van der Waals surface area contributed by atoms with E-state index in [0.29, 0.717) is 6.54 Å². The Morgan fingerprint density at radius 1 is 1.35 bits per heavy atom. The highest BCUT2D eigenvalue weighted by Crippen LogP contribution is 2.32. The highest BCUT2D eigenvalue weighted by atomic mass is 35.5. The average Bonchev–Trinajstić information content (AvgIpc) is 2.79. The third kappa shape index (κ3) is 2.67. The molecule has 3 nitrogen and oxygen atoms in total. The molecule has 1 amide bonds. The zero-order valence-corrected chi connectivity index (χ0v) is 12.7. The zero-order valence-electron chi connectivity index (χ0n) is 11.1. The molecule has 2 heterocycles. The number of carbonyl (C=O) groups excluding carboxylic acids is 1. The quantitative estimate of drug-likeness (QED) is 0.909. The predicted molar refractivity (Wildman–Crippen MR) is 84.6 cm³/mol. The third-order valence-corrected chi connectivity index (χ3v) is 4.64. The van der Waals surface area contributed by atoms with Crippen LogP contribution in [0.15, 0.2) is 36.4 Å². The lowest BCUT2D eigenvalue weighted by Gasteiger charge is -2.24. The van der Waals surface area contributed by atoms with Crippen LogP contribution in [-0.2, 0) is 11.3 Å². The molecule has 104 valence electrons. The summed E-state index contributed by atoms with van der Waals surface area (Å²) >= 11 is 7.58. The molecular weight excluding hydrogens is 292 g/mol. The number of rotatable bonds is 2. The van der Waals surface area contributed by atoms with Crippen LogP contribution >= 0.6 is 22.9 Å². The molecule has 1 aromatic heterocycles. The molecule has 1 aromatic carbocycles. The van der Waals surface area contributed by atoms with Gasteiger partial charge in [-0.15, -0.1) is 11.3 Å². The van der Waals surface area contributed by atoms with Crippen LogP contribution in [0.4, 0.5) is 11.4 Å². The molecule has 3 rings (SSSR count). The number of nitrogens with zero attached hydrogens (tertiary/aromatic N) is 1. The summed E-state index contributed by atoms with van der Waals surface area (Å²) in [5, 5.41) is 2.99. The number of hydrogen-bond donors (Lipinski definition) is 1. The highest BCUT2D eigenvalue weighted by Gasteiger charge is 2.24. The van der Waals surface area contributed by atoms with Crippen LogP contribution in [0.1, 0.15) is 11.8 Å². The van der Waals surface area contributed by atoms with Gasteiger partial charge in [-0.1, -0.05) is 30.7 Å². The first-order valence-corrected chi connectivity index (χ1v) is 7.72. The summed E-state index contributed by atoms with van der Waals surface area (Å²) in [6, 6.07) is 11.9. The van der Waals surface area contributed by atoms with Crippen LogP contribution in [0.2, 0.25) is 4.34 Å². The van der Waals surface area contributed by atoms with Gasteiger partial charge >= 0.3 is 0 Å². The molecule has 0 spiro atoms. The zero-order chi connectivity index (χ0) is 14.1. The lowest BCUT2D eigenvalue weighted by molar-refractivity contribution is -0.119. The normalized spacial score (nSPS) is 18.4. The van der Waals surface area contributed by atoms with Gasteiger partial charge in [0.2, 0.25) is 5.91 Å². The van der Waals surface area contributed by atoms with Crippen molar-refractivity contribution in [1.29, 1.82) is 0 Å². The average molecular weight is 307 g/mol. The molecule has 1 aliphatic rings. The molecular formula is C15H15ClN2OS. The maximum Gasteiger partial charge on any atom is 0.229 e. The molecule has 0 fully saturated rings. The molecule has 0 bridgehead atoms. The Labute approximate surface area is 127 Å². The summed E-state index contributed by atoms with van der Waals surface area (Å²) in [6.45, 7) is 3.43. The number of halogens is 1. The molecule has 0 radical (unpaired) electrons. The van der Waals surface area contributed by atoms with Crippen LogP contribution in [0.5, 0.6) is 0 Å². The Balaban J connectivity index is 1.94. The van der Waals surface area contributed by atoms with Gasteiger partial charge in [-0.25, -0.2) is 0 Å². The number of anilines is 2. The molecule has 2 aromatic rings. The van der Waals surface area contributed by atoms with Gasteiger partial charge in [-0.2, -0.15) is 0 Å². The number of para-hydroxylation sites is 2. The van der Waals surface area contributed by atoms with E-state index in [4.69, 9.17) is 11.6 Å². The summed E-state index contributed by atoms with van der Waals surface area (Å²) < 4.78 is 0.797. The smallest absolute Gasteiger partial charge is 0.229 e. The maximum atomic E-state index is 12.0. The minimum atomic E-state index is -0.0437. The molecule has 1 unspecified atom stereocenters. The second-order valence-electron chi connectivity index (χ2n) is 4.99. The monoisotopic (exact) mass is 306 g/mol. The standard InChI is InChI=1S/C15H15ClN2OS/c1-10-8-18(9-11-6-7-14(16)20-11)13-5-3-2-4-12(13)17-15(10)19/h2-7,10H,8-9H2,1H3,(H,17,19). The molecule has 20 heavy (non-hydrogen) atoms. The van der Waals surface area contributed by atoms with Crippen molar-refractivity contribution in [3.05, 3.63) is 45.6 Å². The van der Waals surface area contributed by atoms with Gasteiger partial charge in [0.15, 0.2) is 0 Å². The number of carbonyl (C=O) groups is 1. The summed E-state index contributed by atoms with van der Waals surface area (Å²) in [5.41, 5.74) is 1.94. The topological polar surface area (TPSA) is 32.3 Å². The van der Waals surface area contributed by atoms with Gasteiger partial charge in [-0.3, -0.25) is 4.79 Å². The minimum absolute atomic E-state index is 0.0437. The van der Waals surface area contributed by atoms with Crippen molar-refractivity contribution in [2.24, 2.45) is 5.92 Å². The summed E-state index contributed by atoms with van der Waals surface area (Å²) in [4.78, 5) is 15.5. The fraction of sp³-hybridized carbons (Fsp3) is 0.267. The van der Waals surface area contributed by atoms with Crippen molar-refractivity contribution in [3.8, 4) is 0 Å². The molecule has 0 aliphatic carbocycles. The van der Waals surface area contributed by atoms with E-state index < -0.39 is 0 Å². The van der Waals surface area contributed by atoms with Crippen molar-refractivity contribution in [2.75, 3.05) is 16.8 Å². The number of amides is 1. The van der Waals surface area contributed by atoms with E-state index in [0.717, 1.165) is 22.3 Å². The van der Waals surface area contributed by atoms with Crippen molar-refractivity contribution in [1.82, 2.24) is 0 Å². The van der Waals surface area contributed by atoms with Crippen molar-refractivity contribution >= 4 is 40.2 Å². The molecule has 5 heteroatoms.